The number of aromatic nitrogens is 1. The zero-order chi connectivity index (χ0) is 23.0. The van der Waals surface area contributed by atoms with E-state index in [4.69, 9.17) is 9.47 Å². The van der Waals surface area contributed by atoms with E-state index in [1.54, 1.807) is 27.8 Å². The molecule has 6 nitrogen and oxygen atoms in total. The number of unbranched alkanes of at least 4 members (excludes halogenated alkanes) is 1. The van der Waals surface area contributed by atoms with E-state index >= 15 is 0 Å². The molecule has 0 saturated heterocycles. The molecule has 0 aliphatic heterocycles. The smallest absolute Gasteiger partial charge is 0.220 e. The first-order chi connectivity index (χ1) is 14.7. The van der Waals surface area contributed by atoms with Crippen molar-refractivity contribution in [3.8, 4) is 0 Å². The van der Waals surface area contributed by atoms with Crippen molar-refractivity contribution in [2.24, 2.45) is 0 Å². The van der Waals surface area contributed by atoms with Crippen LogP contribution in [0.4, 0.5) is 0 Å². The minimum atomic E-state index is -0.294. The first-order valence-electron chi connectivity index (χ1n) is 10.9. The molecule has 1 heterocycles. The Balaban J connectivity index is 2.04. The fraction of sp³-hybridized carbons (Fsp3) is 0.696. The van der Waals surface area contributed by atoms with Crippen molar-refractivity contribution < 1.29 is 19.1 Å². The lowest BCUT2D eigenvalue weighted by molar-refractivity contribution is -0.120. The highest BCUT2D eigenvalue weighted by Gasteiger charge is 2.22. The third kappa shape index (κ3) is 15.4. The highest BCUT2D eigenvalue weighted by atomic mass is 33.1. The molecule has 176 valence electrons. The van der Waals surface area contributed by atoms with Gasteiger partial charge in [-0.25, -0.2) is 4.98 Å². The minimum Gasteiger partial charge on any atom is -0.375 e. The van der Waals surface area contributed by atoms with Crippen molar-refractivity contribution in [2.75, 3.05) is 25.5 Å². The van der Waals surface area contributed by atoms with Crippen LogP contribution in [-0.2, 0) is 19.1 Å². The maximum Gasteiger partial charge on any atom is 0.220 e. The number of nitrogens with one attached hydrogen (secondary N) is 1. The first-order valence-corrected chi connectivity index (χ1v) is 13.2. The lowest BCUT2D eigenvalue weighted by Crippen LogP contribution is -2.31. The van der Waals surface area contributed by atoms with Crippen LogP contribution in [0.3, 0.4) is 0 Å². The molecule has 0 aliphatic rings. The van der Waals surface area contributed by atoms with Crippen molar-refractivity contribution >= 4 is 33.8 Å². The van der Waals surface area contributed by atoms with Gasteiger partial charge in [0.1, 0.15) is 11.3 Å². The summed E-state index contributed by atoms with van der Waals surface area (Å²) in [5, 5.41) is 3.96. The van der Waals surface area contributed by atoms with Gasteiger partial charge in [-0.15, -0.1) is 0 Å². The summed E-state index contributed by atoms with van der Waals surface area (Å²) in [5.74, 6) is 0.866. The molecule has 1 rings (SSSR count). The zero-order valence-corrected chi connectivity index (χ0v) is 21.0. The van der Waals surface area contributed by atoms with Gasteiger partial charge in [0, 0.05) is 31.3 Å². The van der Waals surface area contributed by atoms with Gasteiger partial charge in [-0.3, -0.25) is 4.79 Å². The highest BCUT2D eigenvalue weighted by molar-refractivity contribution is 8.76. The molecule has 1 aromatic heterocycles. The monoisotopic (exact) mass is 470 g/mol. The standard InChI is InChI=1S/C23H38N2O4S2/c1-22(2,29-18-13-23(3,4)28-17-9-16-26)12-6-8-14-24-20(27)11-19-30-31-21-10-5-7-15-25-21/h5,7,10,15-16H,6,8-9,11-14,17-19H2,1-4H3,(H,24,27). The number of rotatable bonds is 18. The second kappa shape index (κ2) is 15.7. The SMILES string of the molecule is CC(C)(CCCCNC(=O)CCSSc1ccccn1)OCCC(C)(C)OCCC=O. The van der Waals surface area contributed by atoms with Crippen LogP contribution in [0.25, 0.3) is 0 Å². The number of ether oxygens (including phenoxy) is 2. The summed E-state index contributed by atoms with van der Waals surface area (Å²) >= 11 is 0. The van der Waals surface area contributed by atoms with Crippen LogP contribution in [0.5, 0.6) is 0 Å². The van der Waals surface area contributed by atoms with Crippen molar-refractivity contribution in [1.82, 2.24) is 10.3 Å². The van der Waals surface area contributed by atoms with E-state index in [2.05, 4.69) is 24.1 Å². The summed E-state index contributed by atoms with van der Waals surface area (Å²) in [6, 6.07) is 5.82. The van der Waals surface area contributed by atoms with Crippen molar-refractivity contribution in [2.45, 2.75) is 82.4 Å². The van der Waals surface area contributed by atoms with Crippen LogP contribution in [0, 0.1) is 0 Å². The van der Waals surface area contributed by atoms with E-state index in [1.165, 1.54) is 0 Å². The van der Waals surface area contributed by atoms with Gasteiger partial charge >= 0.3 is 0 Å². The van der Waals surface area contributed by atoms with Crippen molar-refractivity contribution in [3.05, 3.63) is 24.4 Å². The Bertz CT molecular complexity index is 627. The summed E-state index contributed by atoms with van der Waals surface area (Å²) in [7, 11) is 3.25. The molecule has 0 radical (unpaired) electrons. The third-order valence-corrected chi connectivity index (χ3v) is 6.91. The van der Waals surface area contributed by atoms with Crippen LogP contribution in [-0.4, -0.2) is 53.9 Å². The van der Waals surface area contributed by atoms with E-state index in [0.717, 1.165) is 42.7 Å². The molecule has 8 heteroatoms. The van der Waals surface area contributed by atoms with Gasteiger partial charge in [-0.05, 0) is 76.3 Å². The number of carbonyl (C=O) groups is 2. The summed E-state index contributed by atoms with van der Waals surface area (Å²) in [6.45, 7) is 10.0. The Morgan fingerprint density at radius 3 is 2.55 bits per heavy atom. The number of nitrogens with zero attached hydrogens (tertiary/aromatic N) is 1. The van der Waals surface area contributed by atoms with E-state index in [9.17, 15) is 9.59 Å². The van der Waals surface area contributed by atoms with Crippen LogP contribution in [0.1, 0.15) is 66.2 Å². The Kier molecular flexibility index (Phi) is 14.1. The molecule has 0 unspecified atom stereocenters. The summed E-state index contributed by atoms with van der Waals surface area (Å²) in [6.07, 6.45) is 7.24. The second-order valence-corrected chi connectivity index (χ2v) is 11.0. The molecule has 0 fully saturated rings. The fourth-order valence-electron chi connectivity index (χ4n) is 2.73. The average molecular weight is 471 g/mol. The number of amides is 1. The third-order valence-electron chi connectivity index (χ3n) is 4.65. The molecule has 1 amide bonds. The fourth-order valence-corrected chi connectivity index (χ4v) is 4.59. The topological polar surface area (TPSA) is 77.5 Å². The summed E-state index contributed by atoms with van der Waals surface area (Å²) in [5.41, 5.74) is -0.500. The predicted molar refractivity (Wildman–Crippen MR) is 129 cm³/mol. The van der Waals surface area contributed by atoms with E-state index in [-0.39, 0.29) is 17.1 Å². The molecule has 0 atom stereocenters. The number of aldehydes is 1. The molecule has 31 heavy (non-hydrogen) atoms. The normalized spacial score (nSPS) is 12.0. The molecule has 1 N–H and O–H groups in total. The summed E-state index contributed by atoms with van der Waals surface area (Å²) in [4.78, 5) is 26.6. The molecule has 0 saturated carbocycles. The van der Waals surface area contributed by atoms with Crippen molar-refractivity contribution in [1.29, 1.82) is 0 Å². The number of hydrogen-bond donors (Lipinski definition) is 1. The number of hydrogen-bond acceptors (Lipinski definition) is 7. The van der Waals surface area contributed by atoms with Gasteiger partial charge in [0.15, 0.2) is 0 Å². The molecule has 0 bridgehead atoms. The number of pyridine rings is 1. The van der Waals surface area contributed by atoms with Gasteiger partial charge in [0.2, 0.25) is 5.91 Å². The van der Waals surface area contributed by atoms with Crippen LogP contribution in [0.15, 0.2) is 29.4 Å². The molecular weight excluding hydrogens is 432 g/mol. The molecular formula is C23H38N2O4S2. The van der Waals surface area contributed by atoms with Gasteiger partial charge in [-0.2, -0.15) is 0 Å². The lowest BCUT2D eigenvalue weighted by atomic mass is 10.0. The number of carbonyl (C=O) groups excluding carboxylic acids is 2. The largest absolute Gasteiger partial charge is 0.375 e. The maximum absolute atomic E-state index is 11.9. The summed E-state index contributed by atoms with van der Waals surface area (Å²) < 4.78 is 11.8. The molecule has 1 aromatic rings. The van der Waals surface area contributed by atoms with Crippen LogP contribution >= 0.6 is 21.6 Å². The van der Waals surface area contributed by atoms with Crippen molar-refractivity contribution in [3.63, 3.8) is 0 Å². The highest BCUT2D eigenvalue weighted by Crippen LogP contribution is 2.29. The second-order valence-electron chi connectivity index (χ2n) is 8.55. The van der Waals surface area contributed by atoms with Gasteiger partial charge < -0.3 is 19.6 Å². The molecule has 0 aromatic carbocycles. The molecule has 0 spiro atoms. The lowest BCUT2D eigenvalue weighted by Gasteiger charge is -2.29. The Hall–Kier alpha value is -1.09. The van der Waals surface area contributed by atoms with E-state index < -0.39 is 0 Å². The van der Waals surface area contributed by atoms with Crippen LogP contribution < -0.4 is 5.32 Å². The zero-order valence-electron chi connectivity index (χ0n) is 19.4. The van der Waals surface area contributed by atoms with E-state index in [0.29, 0.717) is 32.6 Å². The van der Waals surface area contributed by atoms with Crippen LogP contribution in [0.2, 0.25) is 0 Å². The predicted octanol–water partition coefficient (Wildman–Crippen LogP) is 5.07. The quantitative estimate of drug-likeness (QED) is 0.182. The Labute approximate surface area is 195 Å². The van der Waals surface area contributed by atoms with Gasteiger partial charge in [0.25, 0.3) is 0 Å². The van der Waals surface area contributed by atoms with E-state index in [1.807, 2.05) is 32.0 Å². The maximum atomic E-state index is 11.9. The Morgan fingerprint density at radius 2 is 1.84 bits per heavy atom. The minimum absolute atomic E-state index is 0.0986. The molecule has 0 aliphatic carbocycles. The van der Waals surface area contributed by atoms with Gasteiger partial charge in [-0.1, -0.05) is 16.9 Å². The average Bonchev–Trinajstić information content (AvgIpc) is 2.71. The van der Waals surface area contributed by atoms with Gasteiger partial charge in [0.05, 0.1) is 24.4 Å². The first kappa shape index (κ1) is 27.9. The Morgan fingerprint density at radius 1 is 1.10 bits per heavy atom.